The number of rotatable bonds is 6. The highest BCUT2D eigenvalue weighted by molar-refractivity contribution is 6.62. The maximum absolute atomic E-state index is 10.9. The number of carboxylic acid groups (broad SMARTS) is 1. The summed E-state index contributed by atoms with van der Waals surface area (Å²) in [6.07, 6.45) is 1.07. The zero-order valence-electron chi connectivity index (χ0n) is 9.36. The molecular weight excluding hydrogens is 218 g/mol. The first-order valence-electron chi connectivity index (χ1n) is 4.98. The molecule has 15 heavy (non-hydrogen) atoms. The third-order valence-electron chi connectivity index (χ3n) is 2.22. The highest BCUT2D eigenvalue weighted by atomic mass is 35.5. The van der Waals surface area contributed by atoms with Gasteiger partial charge in [-0.1, -0.05) is 13.8 Å². The third kappa shape index (κ3) is 6.33. The molecule has 0 fully saturated rings. The summed E-state index contributed by atoms with van der Waals surface area (Å²) in [6, 6.07) is 0. The number of nitrogens with zero attached hydrogens (tertiary/aromatic N) is 1. The average Bonchev–Trinajstić information content (AvgIpc) is 2.10. The molecule has 1 atom stereocenters. The minimum atomic E-state index is -0.806. The summed E-state index contributed by atoms with van der Waals surface area (Å²) in [4.78, 5) is 22.9. The molecular formula is C10H18ClNO3. The zero-order valence-corrected chi connectivity index (χ0v) is 10.1. The van der Waals surface area contributed by atoms with Gasteiger partial charge in [-0.3, -0.25) is 9.59 Å². The van der Waals surface area contributed by atoms with Crippen LogP contribution in [0.25, 0.3) is 0 Å². The van der Waals surface area contributed by atoms with E-state index >= 15 is 0 Å². The predicted molar refractivity (Wildman–Crippen MR) is 59.1 cm³/mol. The molecule has 0 bridgehead atoms. The van der Waals surface area contributed by atoms with E-state index in [9.17, 15) is 9.59 Å². The first-order valence-corrected chi connectivity index (χ1v) is 5.35. The van der Waals surface area contributed by atoms with E-state index in [2.05, 4.69) is 0 Å². The molecule has 0 unspecified atom stereocenters. The number of hydrogen-bond donors (Lipinski definition) is 1. The van der Waals surface area contributed by atoms with Crippen molar-refractivity contribution in [3.63, 3.8) is 0 Å². The fourth-order valence-electron chi connectivity index (χ4n) is 1.35. The van der Waals surface area contributed by atoms with Crippen molar-refractivity contribution >= 4 is 22.9 Å². The molecule has 88 valence electrons. The van der Waals surface area contributed by atoms with Crippen LogP contribution in [0.4, 0.5) is 4.79 Å². The molecule has 4 nitrogen and oxygen atoms in total. The van der Waals surface area contributed by atoms with Gasteiger partial charge in [-0.05, 0) is 30.4 Å². The number of aliphatic carboxylic acids is 1. The van der Waals surface area contributed by atoms with Crippen molar-refractivity contribution in [1.29, 1.82) is 0 Å². The normalized spacial score (nSPS) is 12.6. The lowest BCUT2D eigenvalue weighted by atomic mass is 9.94. The molecule has 0 saturated heterocycles. The highest BCUT2D eigenvalue weighted by Gasteiger charge is 2.19. The monoisotopic (exact) mass is 235 g/mol. The van der Waals surface area contributed by atoms with Gasteiger partial charge in [-0.15, -0.1) is 0 Å². The Bertz CT molecular complexity index is 231. The fraction of sp³-hybridized carbons (Fsp3) is 0.800. The molecule has 0 radical (unpaired) electrons. The van der Waals surface area contributed by atoms with Crippen LogP contribution >= 0.6 is 11.6 Å². The SMILES string of the molecule is CC(C)C[C@@H](CCN(C)C(=O)Cl)C(=O)O. The van der Waals surface area contributed by atoms with Crippen LogP contribution in [0.15, 0.2) is 0 Å². The molecule has 0 aromatic rings. The van der Waals surface area contributed by atoms with Crippen LogP contribution in [-0.2, 0) is 4.79 Å². The fourth-order valence-corrected chi connectivity index (χ4v) is 1.43. The van der Waals surface area contributed by atoms with Crippen LogP contribution in [0.3, 0.4) is 0 Å². The predicted octanol–water partition coefficient (Wildman–Crippen LogP) is 2.41. The number of carboxylic acids is 1. The summed E-state index contributed by atoms with van der Waals surface area (Å²) >= 11 is 5.24. The van der Waals surface area contributed by atoms with E-state index in [4.69, 9.17) is 16.7 Å². The smallest absolute Gasteiger partial charge is 0.316 e. The van der Waals surface area contributed by atoms with Crippen molar-refractivity contribution < 1.29 is 14.7 Å². The molecule has 5 heteroatoms. The molecule has 0 saturated carbocycles. The molecule has 0 aliphatic heterocycles. The maximum atomic E-state index is 10.9. The summed E-state index contributed by atoms with van der Waals surface area (Å²) in [7, 11) is 1.56. The van der Waals surface area contributed by atoms with Crippen molar-refractivity contribution in [2.24, 2.45) is 11.8 Å². The summed E-state index contributed by atoms with van der Waals surface area (Å²) in [6.45, 7) is 4.34. The molecule has 0 heterocycles. The average molecular weight is 236 g/mol. The van der Waals surface area contributed by atoms with Gasteiger partial charge in [-0.25, -0.2) is 0 Å². The third-order valence-corrected chi connectivity index (χ3v) is 2.51. The van der Waals surface area contributed by atoms with Crippen molar-refractivity contribution in [3.8, 4) is 0 Å². The summed E-state index contributed by atoms with van der Waals surface area (Å²) in [5.74, 6) is -0.870. The van der Waals surface area contributed by atoms with Gasteiger partial charge in [0.2, 0.25) is 0 Å². The Hall–Kier alpha value is -0.770. The summed E-state index contributed by atoms with van der Waals surface area (Å²) in [5, 5.41) is 8.39. The van der Waals surface area contributed by atoms with Gasteiger partial charge in [0, 0.05) is 13.6 Å². The standard InChI is InChI=1S/C10H18ClNO3/c1-7(2)6-8(9(13)14)4-5-12(3)10(11)15/h7-8H,4-6H2,1-3H3,(H,13,14)/t8-/m1/s1. The topological polar surface area (TPSA) is 57.6 Å². The van der Waals surface area contributed by atoms with Crippen LogP contribution in [0, 0.1) is 11.8 Å². The van der Waals surface area contributed by atoms with E-state index in [1.54, 1.807) is 7.05 Å². The summed E-state index contributed by atoms with van der Waals surface area (Å²) < 4.78 is 0. The lowest BCUT2D eigenvalue weighted by Crippen LogP contribution is -2.27. The summed E-state index contributed by atoms with van der Waals surface area (Å²) in [5.41, 5.74) is 0. The van der Waals surface area contributed by atoms with E-state index in [1.807, 2.05) is 13.8 Å². The molecule has 0 aliphatic rings. The molecule has 1 amide bonds. The number of carbonyl (C=O) groups excluding carboxylic acids is 1. The van der Waals surface area contributed by atoms with Crippen LogP contribution < -0.4 is 0 Å². The number of amides is 1. The number of carbonyl (C=O) groups is 2. The van der Waals surface area contributed by atoms with E-state index in [0.29, 0.717) is 25.3 Å². The molecule has 1 N–H and O–H groups in total. The van der Waals surface area contributed by atoms with Crippen LogP contribution in [0.1, 0.15) is 26.7 Å². The van der Waals surface area contributed by atoms with Crippen molar-refractivity contribution in [1.82, 2.24) is 4.90 Å². The maximum Gasteiger partial charge on any atom is 0.316 e. The minimum absolute atomic E-state index is 0.336. The second kappa shape index (κ2) is 6.67. The molecule has 0 aromatic heterocycles. The Kier molecular flexibility index (Phi) is 6.32. The van der Waals surface area contributed by atoms with Gasteiger partial charge in [0.05, 0.1) is 5.92 Å². The minimum Gasteiger partial charge on any atom is -0.481 e. The van der Waals surface area contributed by atoms with E-state index in [1.165, 1.54) is 4.90 Å². The van der Waals surface area contributed by atoms with Gasteiger partial charge in [0.15, 0.2) is 0 Å². The Morgan fingerprint density at radius 1 is 1.40 bits per heavy atom. The van der Waals surface area contributed by atoms with Crippen LogP contribution in [0.5, 0.6) is 0 Å². The second-order valence-corrected chi connectivity index (χ2v) is 4.45. The first kappa shape index (κ1) is 14.2. The number of halogens is 1. The van der Waals surface area contributed by atoms with Gasteiger partial charge < -0.3 is 10.0 Å². The molecule has 0 aliphatic carbocycles. The second-order valence-electron chi connectivity index (χ2n) is 4.13. The van der Waals surface area contributed by atoms with Gasteiger partial charge in [-0.2, -0.15) is 0 Å². The molecule has 0 spiro atoms. The Morgan fingerprint density at radius 3 is 2.27 bits per heavy atom. The van der Waals surface area contributed by atoms with Gasteiger partial charge in [0.1, 0.15) is 0 Å². The molecule has 0 aromatic carbocycles. The van der Waals surface area contributed by atoms with E-state index < -0.39 is 17.3 Å². The zero-order chi connectivity index (χ0) is 12.0. The highest BCUT2D eigenvalue weighted by Crippen LogP contribution is 2.16. The van der Waals surface area contributed by atoms with Crippen molar-refractivity contribution in [2.75, 3.05) is 13.6 Å². The Morgan fingerprint density at radius 2 is 1.93 bits per heavy atom. The molecule has 0 rings (SSSR count). The quantitative estimate of drug-likeness (QED) is 0.568. The van der Waals surface area contributed by atoms with Crippen molar-refractivity contribution in [3.05, 3.63) is 0 Å². The van der Waals surface area contributed by atoms with Crippen LogP contribution in [-0.4, -0.2) is 34.9 Å². The lowest BCUT2D eigenvalue weighted by Gasteiger charge is -2.18. The van der Waals surface area contributed by atoms with Gasteiger partial charge in [0.25, 0.3) is 0 Å². The van der Waals surface area contributed by atoms with Crippen LogP contribution in [0.2, 0.25) is 0 Å². The lowest BCUT2D eigenvalue weighted by molar-refractivity contribution is -0.142. The van der Waals surface area contributed by atoms with E-state index in [0.717, 1.165) is 0 Å². The first-order chi connectivity index (χ1) is 6.84. The Labute approximate surface area is 95.2 Å². The van der Waals surface area contributed by atoms with E-state index in [-0.39, 0.29) is 0 Å². The van der Waals surface area contributed by atoms with Crippen molar-refractivity contribution in [2.45, 2.75) is 26.7 Å². The Balaban J connectivity index is 4.07. The van der Waals surface area contributed by atoms with Gasteiger partial charge >= 0.3 is 11.3 Å². The largest absolute Gasteiger partial charge is 0.481 e. The number of hydrogen-bond acceptors (Lipinski definition) is 2.